The number of hydrogen-bond acceptors (Lipinski definition) is 32. The van der Waals surface area contributed by atoms with E-state index in [1.54, 1.807) is 6.92 Å². The molecular weight excluding hydrogens is 1340 g/mol. The van der Waals surface area contributed by atoms with Crippen LogP contribution in [0.5, 0.6) is 0 Å². The molecule has 6 saturated heterocycles. The monoisotopic (exact) mass is 1450 g/mol. The molecule has 6 aliphatic heterocycles. The van der Waals surface area contributed by atoms with Gasteiger partial charge in [0.2, 0.25) is 6.29 Å². The van der Waals surface area contributed by atoms with Gasteiger partial charge in [-0.05, 0) is 117 Å². The van der Waals surface area contributed by atoms with Gasteiger partial charge >= 0.3 is 23.9 Å². The Morgan fingerprint density at radius 3 is 1.65 bits per heavy atom. The van der Waals surface area contributed by atoms with Gasteiger partial charge in [0, 0.05) is 13.8 Å². The number of aliphatic hydroxyl groups excluding tert-OH is 13. The third-order valence-electron chi connectivity index (χ3n) is 25.3. The van der Waals surface area contributed by atoms with Gasteiger partial charge in [-0.2, -0.15) is 0 Å². The summed E-state index contributed by atoms with van der Waals surface area (Å²) in [5.74, 6) is -4.99. The van der Waals surface area contributed by atoms with E-state index in [1.165, 1.54) is 13.8 Å². The van der Waals surface area contributed by atoms with Crippen LogP contribution in [0.4, 0.5) is 0 Å². The van der Waals surface area contributed by atoms with E-state index >= 15 is 4.79 Å². The molecule has 0 amide bonds. The fraction of sp³-hybridized carbons (Fsp3) is 0.897. The van der Waals surface area contributed by atoms with Crippen LogP contribution >= 0.6 is 0 Å². The van der Waals surface area contributed by atoms with Gasteiger partial charge in [0.05, 0.1) is 49.0 Å². The Kier molecular flexibility index (Phi) is 22.9. The second-order valence-corrected chi connectivity index (χ2v) is 31.8. The number of allylic oxidation sites excluding steroid dienone is 2. The highest BCUT2D eigenvalue weighted by Crippen LogP contribution is 2.76. The van der Waals surface area contributed by atoms with Gasteiger partial charge in [-0.3, -0.25) is 14.4 Å². The molecule has 0 aromatic heterocycles. The summed E-state index contributed by atoms with van der Waals surface area (Å²) >= 11 is 0. The number of aldehydes is 1. The van der Waals surface area contributed by atoms with E-state index in [2.05, 4.69) is 40.7 Å². The van der Waals surface area contributed by atoms with Gasteiger partial charge in [-0.15, -0.1) is 0 Å². The zero-order valence-corrected chi connectivity index (χ0v) is 58.3. The highest BCUT2D eigenvalue weighted by molar-refractivity contribution is 5.79. The lowest BCUT2D eigenvalue weighted by molar-refractivity contribution is -0.391. The molecule has 10 fully saturated rings. The molecule has 0 aromatic rings. The maximum atomic E-state index is 15.9. The summed E-state index contributed by atoms with van der Waals surface area (Å²) in [7, 11) is 0. The molecule has 574 valence electrons. The van der Waals surface area contributed by atoms with E-state index in [0.717, 1.165) is 25.7 Å². The number of ether oxygens (including phenoxy) is 14. The minimum atomic E-state index is -2.20. The summed E-state index contributed by atoms with van der Waals surface area (Å²) in [4.78, 5) is 68.9. The molecule has 11 rings (SSSR count). The molecule has 37 atom stereocenters. The summed E-state index contributed by atoms with van der Waals surface area (Å²) in [5, 5.41) is 151. The third kappa shape index (κ3) is 13.9. The van der Waals surface area contributed by atoms with Crippen LogP contribution in [0.1, 0.15) is 133 Å². The highest BCUT2D eigenvalue weighted by Gasteiger charge is 2.72. The SMILES string of the molecule is CC(=O)O[C@H]1[C@@H](OC(C)=O)[C@@H](C)O[C@@H](OC(=O)[C@]23CCC(C)(C)C[C@H]2C2=CC[C@@H]4[C@@]5(C)CC[C@H](O[C@@H]6O[C@H](C(=O)O)[C@@H](O)[C@H](O[C@@H]7OC[C@@H](O)[C@H](O)[C@H]7O)[C@H]6O[C@@H]6O[C@H](CO)[C@H](O)[C@H](O)[C@H]6O)[C@@](C)(C=O)C5CC[C@@]4(C)[C@]2(C)CC3)[C@@H]1O[C@@H]1O[C@@H](C)[C@H](O[C@@H]2OC[C@@H](O)[C@H](O)[C@H]2O)[C@@H](O)[C@H]1O. The van der Waals surface area contributed by atoms with Crippen molar-refractivity contribution >= 4 is 30.2 Å². The predicted octanol–water partition coefficient (Wildman–Crippen LogP) is -2.64. The van der Waals surface area contributed by atoms with Crippen molar-refractivity contribution in [3.05, 3.63) is 11.6 Å². The van der Waals surface area contributed by atoms with E-state index in [4.69, 9.17) is 66.3 Å². The largest absolute Gasteiger partial charge is 0.479 e. The Bertz CT molecular complexity index is 3010. The first-order valence-electron chi connectivity index (χ1n) is 35.2. The molecule has 33 heteroatoms. The van der Waals surface area contributed by atoms with E-state index < -0.39 is 261 Å². The molecule has 5 aliphatic carbocycles. The Morgan fingerprint density at radius 2 is 1.06 bits per heavy atom. The maximum absolute atomic E-state index is 15.9. The zero-order valence-electron chi connectivity index (χ0n) is 58.3. The predicted molar refractivity (Wildman–Crippen MR) is 333 cm³/mol. The molecular formula is C68H104O33. The van der Waals surface area contributed by atoms with Gasteiger partial charge in [0.25, 0.3) is 0 Å². The van der Waals surface area contributed by atoms with Crippen molar-refractivity contribution in [2.45, 2.75) is 312 Å². The van der Waals surface area contributed by atoms with Crippen molar-refractivity contribution in [2.75, 3.05) is 19.8 Å². The fourth-order valence-electron chi connectivity index (χ4n) is 19.3. The molecule has 0 bridgehead atoms. The fourth-order valence-corrected chi connectivity index (χ4v) is 19.3. The van der Waals surface area contributed by atoms with Gasteiger partial charge in [0.1, 0.15) is 104 Å². The highest BCUT2D eigenvalue weighted by atomic mass is 16.8. The number of fused-ring (bicyclic) bond motifs is 7. The average Bonchev–Trinajstić information content (AvgIpc) is 0.675. The van der Waals surface area contributed by atoms with Crippen LogP contribution in [0.3, 0.4) is 0 Å². The lowest BCUT2D eigenvalue weighted by atomic mass is 9.33. The Balaban J connectivity index is 0.870. The molecule has 1 unspecified atom stereocenters. The number of rotatable bonds is 17. The number of carboxylic acids is 1. The summed E-state index contributed by atoms with van der Waals surface area (Å²) < 4.78 is 84.7. The molecule has 0 aromatic carbocycles. The van der Waals surface area contributed by atoms with Crippen LogP contribution in [0.15, 0.2) is 11.6 Å². The van der Waals surface area contributed by atoms with Crippen LogP contribution in [0, 0.1) is 50.2 Å². The van der Waals surface area contributed by atoms with Crippen LogP contribution in [-0.2, 0) is 90.3 Å². The molecule has 0 radical (unpaired) electrons. The molecule has 101 heavy (non-hydrogen) atoms. The lowest BCUT2D eigenvalue weighted by Gasteiger charge is -2.71. The lowest BCUT2D eigenvalue weighted by Crippen LogP contribution is -2.69. The number of esters is 3. The van der Waals surface area contributed by atoms with E-state index in [0.29, 0.717) is 57.8 Å². The van der Waals surface area contributed by atoms with Crippen LogP contribution < -0.4 is 0 Å². The van der Waals surface area contributed by atoms with Crippen molar-refractivity contribution in [1.82, 2.24) is 0 Å². The van der Waals surface area contributed by atoms with Crippen LogP contribution in [0.2, 0.25) is 0 Å². The van der Waals surface area contributed by atoms with Gasteiger partial charge < -0.3 is 143 Å². The molecule has 0 spiro atoms. The smallest absolute Gasteiger partial charge is 0.335 e. The van der Waals surface area contributed by atoms with Gasteiger partial charge in [0.15, 0.2) is 55.9 Å². The summed E-state index contributed by atoms with van der Waals surface area (Å²) in [6.45, 7) is 16.0. The Morgan fingerprint density at radius 1 is 0.525 bits per heavy atom. The summed E-state index contributed by atoms with van der Waals surface area (Å²) in [5.41, 5.74) is -3.51. The molecule has 4 saturated carbocycles. The first-order chi connectivity index (χ1) is 47.3. The first-order valence-corrected chi connectivity index (χ1v) is 35.2. The molecule has 6 heterocycles. The molecule has 14 N–H and O–H groups in total. The van der Waals surface area contributed by atoms with Crippen molar-refractivity contribution < 1.29 is 162 Å². The second kappa shape index (κ2) is 29.5. The third-order valence-corrected chi connectivity index (χ3v) is 25.3. The van der Waals surface area contributed by atoms with Crippen molar-refractivity contribution in [3.8, 4) is 0 Å². The van der Waals surface area contributed by atoms with Gasteiger partial charge in [-0.1, -0.05) is 53.2 Å². The summed E-state index contributed by atoms with van der Waals surface area (Å²) in [6, 6.07) is 0. The van der Waals surface area contributed by atoms with E-state index in [-0.39, 0.29) is 17.8 Å². The number of carbonyl (C=O) groups excluding carboxylic acids is 4. The van der Waals surface area contributed by atoms with Crippen molar-refractivity contribution in [3.63, 3.8) is 0 Å². The number of carboxylic acid groups (broad SMARTS) is 1. The Labute approximate surface area is 583 Å². The number of carbonyl (C=O) groups is 5. The van der Waals surface area contributed by atoms with Gasteiger partial charge in [-0.25, -0.2) is 4.79 Å². The quantitative estimate of drug-likeness (QED) is 0.0233. The van der Waals surface area contributed by atoms with Crippen LogP contribution in [-0.4, -0.2) is 300 Å². The average molecular weight is 1450 g/mol. The minimum absolute atomic E-state index is 0.111. The van der Waals surface area contributed by atoms with Crippen LogP contribution in [0.25, 0.3) is 0 Å². The van der Waals surface area contributed by atoms with Crippen molar-refractivity contribution in [1.29, 1.82) is 0 Å². The first kappa shape index (κ1) is 78.4. The standard InChI is InChI=1S/C68H104O33/c1-26-48(96-56-43(80)38(75)32(73)23-88-56)42(79)46(83)58(90-26)100-54-52(93-29(4)72)49(92-28(3)71)27(2)91-60(54)101-62(87)68-19-17-63(5,6)21-31(68)30-11-12-36-64(7)15-14-37(65(8,25-70)35(64)13-16-67(36,10)66(30,9)18-20-68)95-61-53(99-59-45(82)41(78)40(77)34(22-69)94-59)50(47(84)51(98-61)55(85)86)97-57-44(81)39(76)33(74)24-89-57/h11,25-27,31-54,56-61,69,73-84H,12-24H2,1-10H3,(H,85,86)/t26-,27+,31-,32+,33+,34+,35?,36+,37-,38-,39-,40-,41-,42-,43+,44+,45+,46+,47-,48-,49-,50-,51-,52-,53+,54+,56-,57-,58-,59-,60-,61+,64-,65-,66+,67+,68-/m0/s1. The topological polar surface area (TPSA) is 498 Å². The van der Waals surface area contributed by atoms with E-state index in [1.807, 2.05) is 0 Å². The maximum Gasteiger partial charge on any atom is 0.335 e. The number of hydrogen-bond donors (Lipinski definition) is 14. The molecule has 33 nitrogen and oxygen atoms in total. The van der Waals surface area contributed by atoms with E-state index in [9.17, 15) is 90.7 Å². The second-order valence-electron chi connectivity index (χ2n) is 31.8. The minimum Gasteiger partial charge on any atom is -0.479 e. The normalized spacial score (nSPS) is 52.0. The Hall–Kier alpha value is -3.67. The zero-order chi connectivity index (χ0) is 73.9. The number of aliphatic hydroxyl groups is 13. The summed E-state index contributed by atoms with van der Waals surface area (Å²) in [6.07, 6.45) is -42.6. The number of aliphatic carboxylic acids is 1. The molecule has 11 aliphatic rings. The van der Waals surface area contributed by atoms with Crippen molar-refractivity contribution in [2.24, 2.45) is 50.2 Å².